The molecule has 1 amide bonds. The number of carbonyl (C=O) groups is 1. The Bertz CT molecular complexity index is 607. The first kappa shape index (κ1) is 14.8. The minimum absolute atomic E-state index is 0.139. The number of para-hydroxylation sites is 1. The average Bonchev–Trinajstić information content (AvgIpc) is 2.43. The topological polar surface area (TPSA) is 54.0 Å². The maximum Gasteiger partial charge on any atom is 0.246 e. The van der Waals surface area contributed by atoms with Crippen molar-refractivity contribution in [2.45, 2.75) is 13.0 Å². The molecule has 20 heavy (non-hydrogen) atoms. The third-order valence-electron chi connectivity index (χ3n) is 2.60. The van der Waals surface area contributed by atoms with Crippen LogP contribution in [0.3, 0.4) is 0 Å². The Morgan fingerprint density at radius 2 is 2.05 bits per heavy atom. The number of amides is 1. The standard InChI is InChI=1S/C14H13BrClN3O/c1-9(14(20)19-11-5-3-2-4-6-11)18-13-12(15)7-10(16)8-17-13/h2-9H,1H3,(H,17,18)(H,19,20). The smallest absolute Gasteiger partial charge is 0.246 e. The largest absolute Gasteiger partial charge is 0.358 e. The van der Waals surface area contributed by atoms with Crippen LogP contribution in [0.4, 0.5) is 11.5 Å². The lowest BCUT2D eigenvalue weighted by Crippen LogP contribution is -2.32. The molecule has 1 aromatic heterocycles. The van der Waals surface area contributed by atoms with E-state index in [2.05, 4.69) is 31.5 Å². The fourth-order valence-corrected chi connectivity index (χ4v) is 2.32. The number of halogens is 2. The molecule has 0 saturated carbocycles. The number of benzene rings is 1. The summed E-state index contributed by atoms with van der Waals surface area (Å²) in [6.45, 7) is 1.76. The van der Waals surface area contributed by atoms with Gasteiger partial charge in [0.15, 0.2) is 0 Å². The monoisotopic (exact) mass is 353 g/mol. The van der Waals surface area contributed by atoms with Crippen LogP contribution in [0.2, 0.25) is 5.02 Å². The summed E-state index contributed by atoms with van der Waals surface area (Å²) in [5.41, 5.74) is 0.759. The average molecular weight is 355 g/mol. The van der Waals surface area contributed by atoms with Crippen molar-refractivity contribution < 1.29 is 4.79 Å². The second-order valence-electron chi connectivity index (χ2n) is 4.21. The van der Waals surface area contributed by atoms with E-state index in [-0.39, 0.29) is 5.91 Å². The van der Waals surface area contributed by atoms with Crippen molar-refractivity contribution >= 4 is 44.9 Å². The Morgan fingerprint density at radius 1 is 1.35 bits per heavy atom. The molecule has 2 aromatic rings. The van der Waals surface area contributed by atoms with Gasteiger partial charge in [0.1, 0.15) is 11.9 Å². The first-order chi connectivity index (χ1) is 9.56. The molecule has 0 aliphatic rings. The number of carbonyl (C=O) groups excluding carboxylic acids is 1. The molecule has 1 aromatic carbocycles. The van der Waals surface area contributed by atoms with Crippen LogP contribution in [0.5, 0.6) is 0 Å². The van der Waals surface area contributed by atoms with Crippen molar-refractivity contribution in [3.05, 3.63) is 52.1 Å². The highest BCUT2D eigenvalue weighted by Crippen LogP contribution is 2.23. The van der Waals surface area contributed by atoms with E-state index >= 15 is 0 Å². The zero-order valence-corrected chi connectivity index (χ0v) is 13.1. The molecule has 6 heteroatoms. The van der Waals surface area contributed by atoms with Gasteiger partial charge in [-0.3, -0.25) is 4.79 Å². The van der Waals surface area contributed by atoms with Crippen LogP contribution in [0.15, 0.2) is 47.1 Å². The lowest BCUT2D eigenvalue weighted by atomic mass is 10.2. The second-order valence-corrected chi connectivity index (χ2v) is 5.50. The summed E-state index contributed by atoms with van der Waals surface area (Å²) in [4.78, 5) is 16.2. The van der Waals surface area contributed by atoms with Crippen LogP contribution in [0.25, 0.3) is 0 Å². The molecule has 4 nitrogen and oxygen atoms in total. The van der Waals surface area contributed by atoms with E-state index < -0.39 is 6.04 Å². The molecule has 104 valence electrons. The predicted octanol–water partition coefficient (Wildman–Crippen LogP) is 3.94. The number of nitrogens with one attached hydrogen (secondary N) is 2. The third kappa shape index (κ3) is 3.95. The lowest BCUT2D eigenvalue weighted by molar-refractivity contribution is -0.116. The number of hydrogen-bond acceptors (Lipinski definition) is 3. The van der Waals surface area contributed by atoms with E-state index in [4.69, 9.17) is 11.6 Å². The summed E-state index contributed by atoms with van der Waals surface area (Å²) in [5, 5.41) is 6.38. The SMILES string of the molecule is CC(Nc1ncc(Cl)cc1Br)C(=O)Nc1ccccc1. The van der Waals surface area contributed by atoms with Crippen LogP contribution in [0, 0.1) is 0 Å². The molecule has 2 rings (SSSR count). The zero-order valence-electron chi connectivity index (χ0n) is 10.7. The summed E-state index contributed by atoms with van der Waals surface area (Å²) in [7, 11) is 0. The van der Waals surface area contributed by atoms with Gasteiger partial charge in [-0.25, -0.2) is 4.98 Å². The number of hydrogen-bond donors (Lipinski definition) is 2. The van der Waals surface area contributed by atoms with Crippen molar-refractivity contribution in [2.75, 3.05) is 10.6 Å². The summed E-state index contributed by atoms with van der Waals surface area (Å²) in [6.07, 6.45) is 1.52. The fraction of sp³-hybridized carbons (Fsp3) is 0.143. The lowest BCUT2D eigenvalue weighted by Gasteiger charge is -2.15. The zero-order chi connectivity index (χ0) is 14.5. The van der Waals surface area contributed by atoms with E-state index in [0.29, 0.717) is 15.3 Å². The van der Waals surface area contributed by atoms with Crippen molar-refractivity contribution in [3.63, 3.8) is 0 Å². The first-order valence-corrected chi connectivity index (χ1v) is 7.17. The Kier molecular flexibility index (Phi) is 4.98. The first-order valence-electron chi connectivity index (χ1n) is 6.00. The van der Waals surface area contributed by atoms with Crippen LogP contribution >= 0.6 is 27.5 Å². The van der Waals surface area contributed by atoms with Crippen LogP contribution < -0.4 is 10.6 Å². The predicted molar refractivity (Wildman–Crippen MR) is 85.1 cm³/mol. The highest BCUT2D eigenvalue weighted by molar-refractivity contribution is 9.10. The van der Waals surface area contributed by atoms with Gasteiger partial charge in [-0.2, -0.15) is 0 Å². The Hall–Kier alpha value is -1.59. The normalized spacial score (nSPS) is 11.8. The molecule has 1 heterocycles. The van der Waals surface area contributed by atoms with Gasteiger partial charge in [-0.15, -0.1) is 0 Å². The number of aromatic nitrogens is 1. The molecule has 0 saturated heterocycles. The fourth-order valence-electron chi connectivity index (χ4n) is 1.56. The third-order valence-corrected chi connectivity index (χ3v) is 3.41. The second kappa shape index (κ2) is 6.72. The molecule has 2 N–H and O–H groups in total. The van der Waals surface area contributed by atoms with Gasteiger partial charge in [-0.1, -0.05) is 29.8 Å². The molecular weight excluding hydrogens is 342 g/mol. The van der Waals surface area contributed by atoms with E-state index in [1.807, 2.05) is 30.3 Å². The highest BCUT2D eigenvalue weighted by atomic mass is 79.9. The van der Waals surface area contributed by atoms with Crippen LogP contribution in [-0.2, 0) is 4.79 Å². The Labute approximate surface area is 130 Å². The van der Waals surface area contributed by atoms with Crippen molar-refractivity contribution in [2.24, 2.45) is 0 Å². The van der Waals surface area contributed by atoms with Crippen LogP contribution in [-0.4, -0.2) is 16.9 Å². The minimum atomic E-state index is -0.430. The van der Waals surface area contributed by atoms with Crippen molar-refractivity contribution in [1.82, 2.24) is 4.98 Å². The van der Waals surface area contributed by atoms with Gasteiger partial charge in [0.25, 0.3) is 0 Å². The van der Waals surface area contributed by atoms with Gasteiger partial charge in [0.2, 0.25) is 5.91 Å². The molecule has 0 radical (unpaired) electrons. The number of rotatable bonds is 4. The van der Waals surface area contributed by atoms with Crippen molar-refractivity contribution in [3.8, 4) is 0 Å². The quantitative estimate of drug-likeness (QED) is 0.874. The summed E-state index contributed by atoms with van der Waals surface area (Å²) in [6, 6.07) is 10.6. The Balaban J connectivity index is 2.00. The maximum atomic E-state index is 12.1. The molecule has 1 atom stereocenters. The van der Waals surface area contributed by atoms with Crippen LogP contribution in [0.1, 0.15) is 6.92 Å². The van der Waals surface area contributed by atoms with Gasteiger partial charge in [-0.05, 0) is 41.1 Å². The number of anilines is 2. The van der Waals surface area contributed by atoms with Gasteiger partial charge in [0.05, 0.1) is 9.50 Å². The van der Waals surface area contributed by atoms with Gasteiger partial charge in [0, 0.05) is 11.9 Å². The van der Waals surface area contributed by atoms with Gasteiger partial charge >= 0.3 is 0 Å². The molecule has 0 aliphatic heterocycles. The summed E-state index contributed by atoms with van der Waals surface area (Å²) >= 11 is 9.17. The summed E-state index contributed by atoms with van der Waals surface area (Å²) in [5.74, 6) is 0.435. The molecule has 0 bridgehead atoms. The van der Waals surface area contributed by atoms with Gasteiger partial charge < -0.3 is 10.6 Å². The molecule has 0 aliphatic carbocycles. The molecule has 1 unspecified atom stereocenters. The van der Waals surface area contributed by atoms with E-state index in [1.54, 1.807) is 13.0 Å². The minimum Gasteiger partial charge on any atom is -0.358 e. The van der Waals surface area contributed by atoms with E-state index in [0.717, 1.165) is 5.69 Å². The number of pyridine rings is 1. The van der Waals surface area contributed by atoms with E-state index in [9.17, 15) is 4.79 Å². The highest BCUT2D eigenvalue weighted by Gasteiger charge is 2.14. The molecule has 0 fully saturated rings. The van der Waals surface area contributed by atoms with E-state index in [1.165, 1.54) is 6.20 Å². The molecule has 0 spiro atoms. The number of nitrogens with zero attached hydrogens (tertiary/aromatic N) is 1. The Morgan fingerprint density at radius 3 is 2.70 bits per heavy atom. The maximum absolute atomic E-state index is 12.1. The molecular formula is C14H13BrClN3O. The van der Waals surface area contributed by atoms with Crippen molar-refractivity contribution in [1.29, 1.82) is 0 Å². The summed E-state index contributed by atoms with van der Waals surface area (Å²) < 4.78 is 0.712.